The Morgan fingerprint density at radius 3 is 2.90 bits per heavy atom. The lowest BCUT2D eigenvalue weighted by atomic mass is 10.2. The number of para-hydroxylation sites is 2. The lowest BCUT2D eigenvalue weighted by molar-refractivity contribution is 0.374. The van der Waals surface area contributed by atoms with E-state index < -0.39 is 0 Å². The molecule has 0 amide bonds. The molecule has 0 radical (unpaired) electrons. The zero-order valence-electron chi connectivity index (χ0n) is 12.9. The van der Waals surface area contributed by atoms with Crippen LogP contribution in [-0.4, -0.2) is 25.9 Å². The van der Waals surface area contributed by atoms with Gasteiger partial charge in [0.2, 0.25) is 0 Å². The molecule has 0 aliphatic carbocycles. The quantitative estimate of drug-likeness (QED) is 0.757. The Labute approximate surface area is 125 Å². The molecular weight excluding hydrogens is 266 g/mol. The van der Waals surface area contributed by atoms with E-state index in [-0.39, 0.29) is 0 Å². The first-order valence-corrected chi connectivity index (χ1v) is 7.24. The van der Waals surface area contributed by atoms with Crippen LogP contribution < -0.4 is 15.0 Å². The summed E-state index contributed by atoms with van der Waals surface area (Å²) in [6.07, 6.45) is 1.11. The summed E-state index contributed by atoms with van der Waals surface area (Å²) >= 11 is 0. The van der Waals surface area contributed by atoms with E-state index in [0.717, 1.165) is 42.4 Å². The van der Waals surface area contributed by atoms with E-state index in [1.54, 1.807) is 7.11 Å². The molecule has 0 spiro atoms. The summed E-state index contributed by atoms with van der Waals surface area (Å²) in [5.74, 6) is 1.70. The van der Waals surface area contributed by atoms with Crippen molar-refractivity contribution in [2.75, 3.05) is 25.6 Å². The molecule has 2 rings (SSSR count). The first-order valence-electron chi connectivity index (χ1n) is 7.24. The number of nitrogens with one attached hydrogen (secondary N) is 1. The molecule has 21 heavy (non-hydrogen) atoms. The standard InChI is InChI=1S/C16H23N3O2/c1-4-9-17-11-13-10-14(21-18-13)12-19(2)15-7-5-6-8-16(15)20-3/h5-8,10,17H,4,9,11-12H2,1-3H3. The summed E-state index contributed by atoms with van der Waals surface area (Å²) < 4.78 is 10.8. The van der Waals surface area contributed by atoms with Gasteiger partial charge in [-0.2, -0.15) is 0 Å². The smallest absolute Gasteiger partial charge is 0.156 e. The summed E-state index contributed by atoms with van der Waals surface area (Å²) in [6.45, 7) is 4.53. The molecular formula is C16H23N3O2. The molecule has 1 aromatic carbocycles. The van der Waals surface area contributed by atoms with Crippen LogP contribution >= 0.6 is 0 Å². The highest BCUT2D eigenvalue weighted by molar-refractivity contribution is 5.57. The number of benzene rings is 1. The van der Waals surface area contributed by atoms with E-state index in [0.29, 0.717) is 6.54 Å². The van der Waals surface area contributed by atoms with Gasteiger partial charge in [-0.25, -0.2) is 0 Å². The van der Waals surface area contributed by atoms with Gasteiger partial charge < -0.3 is 19.5 Å². The molecule has 0 fully saturated rings. The third-order valence-corrected chi connectivity index (χ3v) is 3.23. The fourth-order valence-electron chi connectivity index (χ4n) is 2.17. The third kappa shape index (κ3) is 4.23. The Kier molecular flexibility index (Phi) is 5.63. The van der Waals surface area contributed by atoms with Crippen LogP contribution in [0.2, 0.25) is 0 Å². The van der Waals surface area contributed by atoms with Crippen molar-refractivity contribution in [2.45, 2.75) is 26.4 Å². The van der Waals surface area contributed by atoms with Crippen molar-refractivity contribution in [3.05, 3.63) is 41.8 Å². The van der Waals surface area contributed by atoms with E-state index in [1.165, 1.54) is 0 Å². The number of rotatable bonds is 8. The number of hydrogen-bond donors (Lipinski definition) is 1. The van der Waals surface area contributed by atoms with E-state index in [4.69, 9.17) is 9.26 Å². The third-order valence-electron chi connectivity index (χ3n) is 3.23. The molecule has 1 aromatic heterocycles. The normalized spacial score (nSPS) is 10.6. The van der Waals surface area contributed by atoms with Gasteiger partial charge in [-0.05, 0) is 25.1 Å². The van der Waals surface area contributed by atoms with Crippen molar-refractivity contribution < 1.29 is 9.26 Å². The van der Waals surface area contributed by atoms with Gasteiger partial charge in [0.05, 0.1) is 25.0 Å². The van der Waals surface area contributed by atoms with Gasteiger partial charge in [0.15, 0.2) is 5.76 Å². The van der Waals surface area contributed by atoms with Crippen molar-refractivity contribution in [3.8, 4) is 5.75 Å². The van der Waals surface area contributed by atoms with Crippen LogP contribution in [0.5, 0.6) is 5.75 Å². The van der Waals surface area contributed by atoms with Crippen molar-refractivity contribution in [1.82, 2.24) is 10.5 Å². The maximum absolute atomic E-state index is 5.39. The zero-order valence-corrected chi connectivity index (χ0v) is 12.9. The van der Waals surface area contributed by atoms with Crippen molar-refractivity contribution in [1.29, 1.82) is 0 Å². The van der Waals surface area contributed by atoms with E-state index in [2.05, 4.69) is 22.3 Å². The van der Waals surface area contributed by atoms with Crippen LogP contribution in [0.25, 0.3) is 0 Å². The van der Waals surface area contributed by atoms with Crippen LogP contribution in [0.15, 0.2) is 34.9 Å². The predicted octanol–water partition coefficient (Wildman–Crippen LogP) is 2.82. The van der Waals surface area contributed by atoms with E-state index in [9.17, 15) is 0 Å². The van der Waals surface area contributed by atoms with Crippen molar-refractivity contribution in [3.63, 3.8) is 0 Å². The first kappa shape index (κ1) is 15.4. The van der Waals surface area contributed by atoms with Crippen molar-refractivity contribution >= 4 is 5.69 Å². The Bertz CT molecular complexity index is 554. The molecule has 5 heteroatoms. The van der Waals surface area contributed by atoms with Crippen LogP contribution in [-0.2, 0) is 13.1 Å². The van der Waals surface area contributed by atoms with Gasteiger partial charge in [0.25, 0.3) is 0 Å². The average molecular weight is 289 g/mol. The second kappa shape index (κ2) is 7.69. The Morgan fingerprint density at radius 2 is 2.14 bits per heavy atom. The van der Waals surface area contributed by atoms with E-state index >= 15 is 0 Å². The SMILES string of the molecule is CCCNCc1cc(CN(C)c2ccccc2OC)on1. The molecule has 0 saturated carbocycles. The minimum atomic E-state index is 0.654. The Balaban J connectivity index is 1.97. The molecule has 114 valence electrons. The lowest BCUT2D eigenvalue weighted by Gasteiger charge is -2.20. The number of methoxy groups -OCH3 is 1. The van der Waals surface area contributed by atoms with E-state index in [1.807, 2.05) is 37.4 Å². The summed E-state index contributed by atoms with van der Waals surface area (Å²) in [7, 11) is 3.69. The number of anilines is 1. The average Bonchev–Trinajstić information content (AvgIpc) is 2.95. The Morgan fingerprint density at radius 1 is 1.33 bits per heavy atom. The van der Waals surface area contributed by atoms with Crippen LogP contribution in [0.1, 0.15) is 24.8 Å². The second-order valence-corrected chi connectivity index (χ2v) is 4.99. The van der Waals surface area contributed by atoms with Crippen LogP contribution in [0, 0.1) is 0 Å². The van der Waals surface area contributed by atoms with Gasteiger partial charge >= 0.3 is 0 Å². The number of ether oxygens (including phenoxy) is 1. The van der Waals surface area contributed by atoms with Gasteiger partial charge in [0, 0.05) is 19.7 Å². The molecule has 0 bridgehead atoms. The Hall–Kier alpha value is -2.01. The molecule has 0 saturated heterocycles. The molecule has 5 nitrogen and oxygen atoms in total. The number of nitrogens with zero attached hydrogens (tertiary/aromatic N) is 2. The first-order chi connectivity index (χ1) is 10.2. The van der Waals surface area contributed by atoms with Gasteiger partial charge in [-0.1, -0.05) is 24.2 Å². The van der Waals surface area contributed by atoms with Crippen molar-refractivity contribution in [2.24, 2.45) is 0 Å². The summed E-state index contributed by atoms with van der Waals surface area (Å²) in [5, 5.41) is 7.39. The molecule has 0 aliphatic heterocycles. The van der Waals surface area contributed by atoms with Gasteiger partial charge in [-0.15, -0.1) is 0 Å². The molecule has 0 atom stereocenters. The highest BCUT2D eigenvalue weighted by Crippen LogP contribution is 2.27. The molecule has 0 unspecified atom stereocenters. The lowest BCUT2D eigenvalue weighted by Crippen LogP contribution is -2.16. The highest BCUT2D eigenvalue weighted by Gasteiger charge is 2.11. The highest BCUT2D eigenvalue weighted by atomic mass is 16.5. The summed E-state index contributed by atoms with van der Waals surface area (Å²) in [4.78, 5) is 2.09. The van der Waals surface area contributed by atoms with Gasteiger partial charge in [-0.3, -0.25) is 0 Å². The predicted molar refractivity (Wildman–Crippen MR) is 83.6 cm³/mol. The summed E-state index contributed by atoms with van der Waals surface area (Å²) in [6, 6.07) is 9.93. The molecule has 2 aromatic rings. The summed E-state index contributed by atoms with van der Waals surface area (Å²) in [5.41, 5.74) is 1.97. The van der Waals surface area contributed by atoms with Gasteiger partial charge in [0.1, 0.15) is 5.75 Å². The minimum Gasteiger partial charge on any atom is -0.495 e. The topological polar surface area (TPSA) is 50.5 Å². The zero-order chi connectivity index (χ0) is 15.1. The largest absolute Gasteiger partial charge is 0.495 e. The van der Waals surface area contributed by atoms with Crippen LogP contribution in [0.4, 0.5) is 5.69 Å². The monoisotopic (exact) mass is 289 g/mol. The number of hydrogen-bond acceptors (Lipinski definition) is 5. The van der Waals surface area contributed by atoms with Crippen LogP contribution in [0.3, 0.4) is 0 Å². The fourth-order valence-corrected chi connectivity index (χ4v) is 2.17. The molecule has 0 aliphatic rings. The second-order valence-electron chi connectivity index (χ2n) is 4.99. The fraction of sp³-hybridized carbons (Fsp3) is 0.438. The molecule has 1 heterocycles. The number of aromatic nitrogens is 1. The molecule has 1 N–H and O–H groups in total. The maximum atomic E-state index is 5.39. The minimum absolute atomic E-state index is 0.654. The maximum Gasteiger partial charge on any atom is 0.156 e.